The number of rotatable bonds is 19. The highest BCUT2D eigenvalue weighted by molar-refractivity contribution is 5.81. The quantitative estimate of drug-likeness (QED) is 0.0784. The van der Waals surface area contributed by atoms with Crippen molar-refractivity contribution < 1.29 is 97.9 Å². The number of fused-ring (bicyclic) bond motifs is 1. The maximum absolute atomic E-state index is 14.1. The third kappa shape index (κ3) is 13.6. The van der Waals surface area contributed by atoms with Crippen LogP contribution in [-0.2, 0) is 52.3 Å². The van der Waals surface area contributed by atoms with Gasteiger partial charge in [-0.15, -0.1) is 0 Å². The van der Waals surface area contributed by atoms with E-state index in [1.807, 2.05) is 24.3 Å². The van der Waals surface area contributed by atoms with Crippen molar-refractivity contribution in [2.24, 2.45) is 11.8 Å². The molecule has 6 fully saturated rings. The van der Waals surface area contributed by atoms with Crippen LogP contribution in [0, 0.1) is 11.8 Å². The van der Waals surface area contributed by atoms with Crippen LogP contribution in [-0.4, -0.2) is 219 Å². The van der Waals surface area contributed by atoms with E-state index in [1.165, 1.54) is 20.8 Å². The zero-order chi connectivity index (χ0) is 53.7. The molecule has 7 aliphatic rings. The first-order valence-corrected chi connectivity index (χ1v) is 26.4. The van der Waals surface area contributed by atoms with Crippen molar-refractivity contribution in [3.8, 4) is 5.75 Å². The molecule has 23 nitrogen and oxygen atoms in total. The molecule has 20 atom stereocenters. The summed E-state index contributed by atoms with van der Waals surface area (Å²) < 4.78 is 56.2. The third-order valence-electron chi connectivity index (χ3n) is 15.6. The highest BCUT2D eigenvalue weighted by Gasteiger charge is 2.54. The van der Waals surface area contributed by atoms with Gasteiger partial charge in [-0.2, -0.15) is 0 Å². The van der Waals surface area contributed by atoms with E-state index < -0.39 is 147 Å². The first kappa shape index (κ1) is 57.4. The highest BCUT2D eigenvalue weighted by atomic mass is 16.7. The molecule has 5 aliphatic heterocycles. The molecular weight excluding hydrogens is 987 g/mol. The molecule has 3 amide bonds. The molecular formula is C52H77N3O20. The van der Waals surface area contributed by atoms with Crippen LogP contribution in [0.4, 0.5) is 0 Å². The van der Waals surface area contributed by atoms with Crippen molar-refractivity contribution >= 4 is 23.8 Å². The lowest BCUT2D eigenvalue weighted by Gasteiger charge is -2.50. The lowest BCUT2D eigenvalue weighted by Crippen LogP contribution is -2.68. The van der Waals surface area contributed by atoms with E-state index in [-0.39, 0.29) is 37.9 Å². The van der Waals surface area contributed by atoms with Gasteiger partial charge in [-0.25, -0.2) is 0 Å². The summed E-state index contributed by atoms with van der Waals surface area (Å²) in [5.41, 5.74) is 1.31. The van der Waals surface area contributed by atoms with Crippen molar-refractivity contribution in [3.63, 3.8) is 0 Å². The summed E-state index contributed by atoms with van der Waals surface area (Å²) in [4.78, 5) is 41.9. The van der Waals surface area contributed by atoms with E-state index >= 15 is 0 Å². The van der Waals surface area contributed by atoms with Crippen LogP contribution in [0.3, 0.4) is 0 Å². The van der Waals surface area contributed by atoms with Gasteiger partial charge in [-0.05, 0) is 56.6 Å². The number of aliphatic hydroxyl groups excluding tert-OH is 8. The maximum atomic E-state index is 14.1. The van der Waals surface area contributed by atoms with E-state index in [2.05, 4.69) is 17.2 Å². The third-order valence-corrected chi connectivity index (χ3v) is 15.6. The molecule has 0 aromatic heterocycles. The average molecular weight is 1060 g/mol. The van der Waals surface area contributed by atoms with Crippen molar-refractivity contribution in [1.29, 1.82) is 0 Å². The molecule has 23 heteroatoms. The molecule has 5 heterocycles. The Balaban J connectivity index is 1.06. The number of amides is 3. The van der Waals surface area contributed by atoms with E-state index in [4.69, 9.17) is 42.6 Å². The first-order valence-electron chi connectivity index (χ1n) is 26.4. The van der Waals surface area contributed by atoms with Gasteiger partial charge < -0.3 is 99.0 Å². The molecule has 2 saturated carbocycles. The fourth-order valence-corrected chi connectivity index (χ4v) is 11.3. The molecule has 0 radical (unpaired) electrons. The number of benzene rings is 1. The van der Waals surface area contributed by atoms with Crippen LogP contribution in [0.2, 0.25) is 0 Å². The summed E-state index contributed by atoms with van der Waals surface area (Å²) in [6.45, 7) is 7.30. The SMILES string of the molecule is C=C1Oc2ccccc2C=C1COC1C(O)[C@@H](OCC2C[C@@H](NC(C)=O)C(O[C@@H]3OC(C)[C@@H](O)[C@H](O)C3O)[C@H](O[C@@H]3OC(CO)[C@H](O)C(O[C@@H](CC4CCCCC4)C(=O)N4CCC4)C3NC(C)=O)C2)O[C@H](CO)[C@H]1O. The van der Waals surface area contributed by atoms with Crippen molar-refractivity contribution in [1.82, 2.24) is 15.5 Å². The van der Waals surface area contributed by atoms with Crippen LogP contribution >= 0.6 is 0 Å². The van der Waals surface area contributed by atoms with Gasteiger partial charge in [0, 0.05) is 38.1 Å². The monoisotopic (exact) mass is 1060 g/mol. The summed E-state index contributed by atoms with van der Waals surface area (Å²) >= 11 is 0. The number of carbonyl (C=O) groups is 3. The molecule has 10 N–H and O–H groups in total. The lowest BCUT2D eigenvalue weighted by molar-refractivity contribution is -0.337. The molecule has 75 heavy (non-hydrogen) atoms. The Bertz CT molecular complexity index is 2130. The fraction of sp³-hybridized carbons (Fsp3) is 0.750. The van der Waals surface area contributed by atoms with Crippen LogP contribution in [0.5, 0.6) is 5.75 Å². The van der Waals surface area contributed by atoms with Gasteiger partial charge in [0.25, 0.3) is 5.91 Å². The van der Waals surface area contributed by atoms with E-state index in [1.54, 1.807) is 11.0 Å². The Morgan fingerprint density at radius 3 is 2.08 bits per heavy atom. The first-order chi connectivity index (χ1) is 35.9. The summed E-state index contributed by atoms with van der Waals surface area (Å²) in [7, 11) is 0. The second-order valence-electron chi connectivity index (χ2n) is 21.1. The number of hydrogen-bond donors (Lipinski definition) is 10. The summed E-state index contributed by atoms with van der Waals surface area (Å²) in [5.74, 6) is -0.867. The number of carbonyl (C=O) groups excluding carboxylic acids is 3. The van der Waals surface area contributed by atoms with Crippen molar-refractivity contribution in [2.45, 2.75) is 195 Å². The molecule has 2 aliphatic carbocycles. The summed E-state index contributed by atoms with van der Waals surface area (Å²) in [6.07, 6.45) is -16.1. The number of likely N-dealkylation sites (tertiary alicyclic amines) is 1. The number of nitrogens with zero attached hydrogens (tertiary/aromatic N) is 1. The van der Waals surface area contributed by atoms with E-state index in [0.29, 0.717) is 36.6 Å². The number of hydrogen-bond acceptors (Lipinski definition) is 20. The molecule has 420 valence electrons. The highest BCUT2D eigenvalue weighted by Crippen LogP contribution is 2.39. The zero-order valence-corrected chi connectivity index (χ0v) is 42.7. The predicted molar refractivity (Wildman–Crippen MR) is 260 cm³/mol. The minimum absolute atomic E-state index is 0.0148. The Kier molecular flexibility index (Phi) is 19.8. The molecule has 9 unspecified atom stereocenters. The Morgan fingerprint density at radius 2 is 1.41 bits per heavy atom. The van der Waals surface area contributed by atoms with Gasteiger partial charge in [0.15, 0.2) is 18.9 Å². The maximum Gasteiger partial charge on any atom is 0.251 e. The fourth-order valence-electron chi connectivity index (χ4n) is 11.3. The molecule has 1 aromatic rings. The molecule has 0 spiro atoms. The molecule has 0 bridgehead atoms. The van der Waals surface area contributed by atoms with Gasteiger partial charge in [0.2, 0.25) is 11.8 Å². The second kappa shape index (κ2) is 25.8. The standard InChI is InChI=1S/C52H77N3O20/c1-25-32(20-31-13-8-9-14-34(31)69-25)24-67-48-42(62)38(22-57)74-51(45(48)65)68-23-30-17-33(53-27(3)58)46(75-52-44(64)43(63)40(60)26(2)70-52)35(19-30)72-50-39(54-28(4)59)47(41(61)37(21-56)73-50)71-36(49(66)55-15-10-16-55)18-29-11-6-5-7-12-29/h8-9,13-14,20,26,29-30,33,35-48,50-52,56-57,60-65H,1,5-7,10-12,15-19,21-24H2,2-4H3,(H,53,58)(H,54,59)/t26?,30?,33-,35-,36+,37?,38-,39?,40-,41+,42-,43+,44?,45?,46?,47?,48?,50-,51+,52+/m1/s1. The van der Waals surface area contributed by atoms with E-state index in [0.717, 1.165) is 44.1 Å². The smallest absolute Gasteiger partial charge is 0.251 e. The number of ether oxygens (including phenoxy) is 9. The summed E-state index contributed by atoms with van der Waals surface area (Å²) in [5, 5.41) is 94.0. The number of nitrogens with one attached hydrogen (secondary N) is 2. The van der Waals surface area contributed by atoms with E-state index in [9.17, 15) is 55.2 Å². The number of aliphatic hydroxyl groups is 8. The van der Waals surface area contributed by atoms with Gasteiger partial charge in [0.05, 0.1) is 44.7 Å². The van der Waals surface area contributed by atoms with Crippen molar-refractivity contribution in [3.05, 3.63) is 47.7 Å². The Hall–Kier alpha value is -3.73. The number of para-hydroxylation sites is 1. The largest absolute Gasteiger partial charge is 0.457 e. The lowest BCUT2D eigenvalue weighted by atomic mass is 9.81. The minimum atomic E-state index is -1.78. The second-order valence-corrected chi connectivity index (χ2v) is 21.1. The Labute approximate surface area is 436 Å². The molecule has 1 aromatic carbocycles. The topological polar surface area (TPSA) is 323 Å². The van der Waals surface area contributed by atoms with Crippen LogP contribution in [0.15, 0.2) is 42.2 Å². The van der Waals surface area contributed by atoms with Gasteiger partial charge in [-0.3, -0.25) is 14.4 Å². The van der Waals surface area contributed by atoms with Crippen LogP contribution in [0.1, 0.15) is 84.1 Å². The summed E-state index contributed by atoms with van der Waals surface area (Å²) in [6, 6.07) is 4.98. The minimum Gasteiger partial charge on any atom is -0.457 e. The molecule has 8 rings (SSSR count). The van der Waals surface area contributed by atoms with Gasteiger partial charge in [0.1, 0.15) is 90.8 Å². The van der Waals surface area contributed by atoms with Gasteiger partial charge in [-0.1, -0.05) is 56.9 Å². The van der Waals surface area contributed by atoms with Crippen LogP contribution in [0.25, 0.3) is 6.08 Å². The Morgan fingerprint density at radius 1 is 0.733 bits per heavy atom. The molecule has 4 saturated heterocycles. The normalized spacial score (nSPS) is 38.8. The van der Waals surface area contributed by atoms with Crippen molar-refractivity contribution in [2.75, 3.05) is 39.5 Å². The average Bonchev–Trinajstić information content (AvgIpc) is 3.36. The predicted octanol–water partition coefficient (Wildman–Crippen LogP) is -1.13. The zero-order valence-electron chi connectivity index (χ0n) is 42.7. The van der Waals surface area contributed by atoms with Gasteiger partial charge >= 0.3 is 0 Å². The van der Waals surface area contributed by atoms with Crippen LogP contribution < -0.4 is 15.4 Å².